The van der Waals surface area contributed by atoms with Crippen LogP contribution in [0, 0.1) is 11.7 Å². The zero-order valence-corrected chi connectivity index (χ0v) is 13.1. The van der Waals surface area contributed by atoms with Crippen molar-refractivity contribution in [3.63, 3.8) is 0 Å². The lowest BCUT2D eigenvalue weighted by molar-refractivity contribution is 0.311. The van der Waals surface area contributed by atoms with Crippen LogP contribution in [0.3, 0.4) is 0 Å². The molecule has 22 heavy (non-hydrogen) atoms. The molecule has 1 saturated heterocycles. The van der Waals surface area contributed by atoms with E-state index in [4.69, 9.17) is 17.3 Å². The summed E-state index contributed by atoms with van der Waals surface area (Å²) in [6, 6.07) is 15.3. The second-order valence-electron chi connectivity index (χ2n) is 5.91. The molecule has 1 aliphatic rings. The van der Waals surface area contributed by atoms with Crippen LogP contribution in [0.5, 0.6) is 0 Å². The first-order chi connectivity index (χ1) is 10.7. The fourth-order valence-corrected chi connectivity index (χ4v) is 3.54. The van der Waals surface area contributed by atoms with Gasteiger partial charge in [0.1, 0.15) is 5.82 Å². The van der Waals surface area contributed by atoms with E-state index in [9.17, 15) is 4.39 Å². The number of benzene rings is 2. The molecule has 1 fully saturated rings. The summed E-state index contributed by atoms with van der Waals surface area (Å²) in [6.07, 6.45) is 0. The molecule has 2 aromatic rings. The van der Waals surface area contributed by atoms with Crippen molar-refractivity contribution in [2.24, 2.45) is 11.7 Å². The van der Waals surface area contributed by atoms with Crippen molar-refractivity contribution in [3.8, 4) is 0 Å². The van der Waals surface area contributed by atoms with Gasteiger partial charge >= 0.3 is 0 Å². The van der Waals surface area contributed by atoms with E-state index in [1.54, 1.807) is 12.1 Å². The van der Waals surface area contributed by atoms with E-state index in [1.165, 1.54) is 11.6 Å². The normalized spacial score (nSPS) is 22.1. The van der Waals surface area contributed by atoms with E-state index < -0.39 is 0 Å². The number of hydrogen-bond donors (Lipinski definition) is 1. The molecule has 2 atom stereocenters. The monoisotopic (exact) mass is 318 g/mol. The predicted molar refractivity (Wildman–Crippen MR) is 88.4 cm³/mol. The molecular formula is C18H20ClFN2. The molecule has 2 nitrogen and oxygen atoms in total. The third-order valence-corrected chi connectivity index (χ3v) is 4.84. The zero-order chi connectivity index (χ0) is 15.5. The minimum atomic E-state index is -0.236. The molecule has 4 heteroatoms. The highest BCUT2D eigenvalue weighted by Gasteiger charge is 2.33. The SMILES string of the molecule is NC[C@@H]1CN(Cc2c(F)cccc2Cl)C[C@H]1c1ccccc1. The lowest BCUT2D eigenvalue weighted by atomic mass is 9.89. The molecule has 0 bridgehead atoms. The molecule has 0 saturated carbocycles. The Labute approximate surface area is 135 Å². The van der Waals surface area contributed by atoms with Crippen LogP contribution in [0.15, 0.2) is 48.5 Å². The topological polar surface area (TPSA) is 29.3 Å². The maximum Gasteiger partial charge on any atom is 0.129 e. The van der Waals surface area contributed by atoms with Crippen LogP contribution in [0.25, 0.3) is 0 Å². The summed E-state index contributed by atoms with van der Waals surface area (Å²) < 4.78 is 14.0. The second-order valence-corrected chi connectivity index (χ2v) is 6.31. The fourth-order valence-electron chi connectivity index (χ4n) is 3.31. The smallest absolute Gasteiger partial charge is 0.129 e. The standard InChI is InChI=1S/C18H20ClFN2/c19-17-7-4-8-18(20)16(17)12-22-10-14(9-21)15(11-22)13-5-2-1-3-6-13/h1-8,14-15H,9-12,21H2/t14-,15+/m1/s1. The number of nitrogens with zero attached hydrogens (tertiary/aromatic N) is 1. The zero-order valence-electron chi connectivity index (χ0n) is 12.4. The van der Waals surface area contributed by atoms with Gasteiger partial charge < -0.3 is 5.73 Å². The van der Waals surface area contributed by atoms with Gasteiger partial charge in [0, 0.05) is 36.1 Å². The Bertz CT molecular complexity index is 612. The molecule has 116 valence electrons. The van der Waals surface area contributed by atoms with Crippen LogP contribution in [0.1, 0.15) is 17.0 Å². The highest BCUT2D eigenvalue weighted by atomic mass is 35.5. The Morgan fingerprint density at radius 2 is 1.86 bits per heavy atom. The molecule has 1 aliphatic heterocycles. The first-order valence-electron chi connectivity index (χ1n) is 7.59. The molecule has 2 aromatic carbocycles. The molecule has 2 N–H and O–H groups in total. The Morgan fingerprint density at radius 3 is 2.55 bits per heavy atom. The van der Waals surface area contributed by atoms with Crippen LogP contribution in [-0.2, 0) is 6.54 Å². The van der Waals surface area contributed by atoms with E-state index in [0.29, 0.717) is 35.5 Å². The first-order valence-corrected chi connectivity index (χ1v) is 7.97. The van der Waals surface area contributed by atoms with Crippen molar-refractivity contribution in [2.75, 3.05) is 19.6 Å². The number of likely N-dealkylation sites (tertiary alicyclic amines) is 1. The van der Waals surface area contributed by atoms with Crippen molar-refractivity contribution in [2.45, 2.75) is 12.5 Å². The van der Waals surface area contributed by atoms with E-state index in [-0.39, 0.29) is 5.82 Å². The maximum absolute atomic E-state index is 14.0. The molecule has 0 radical (unpaired) electrons. The third-order valence-electron chi connectivity index (χ3n) is 4.49. The Morgan fingerprint density at radius 1 is 1.09 bits per heavy atom. The van der Waals surface area contributed by atoms with Crippen LogP contribution < -0.4 is 5.73 Å². The van der Waals surface area contributed by atoms with E-state index in [1.807, 2.05) is 6.07 Å². The van der Waals surface area contributed by atoms with Crippen molar-refractivity contribution >= 4 is 11.6 Å². The molecule has 0 aromatic heterocycles. The van der Waals surface area contributed by atoms with E-state index in [2.05, 4.69) is 29.2 Å². The minimum Gasteiger partial charge on any atom is -0.330 e. The lowest BCUT2D eigenvalue weighted by Crippen LogP contribution is -2.23. The number of rotatable bonds is 4. The first kappa shape index (κ1) is 15.5. The van der Waals surface area contributed by atoms with Gasteiger partial charge in [0.05, 0.1) is 0 Å². The molecule has 0 spiro atoms. The fraction of sp³-hybridized carbons (Fsp3) is 0.333. The largest absolute Gasteiger partial charge is 0.330 e. The average Bonchev–Trinajstić information content (AvgIpc) is 2.95. The van der Waals surface area contributed by atoms with Crippen molar-refractivity contribution in [1.82, 2.24) is 4.90 Å². The van der Waals surface area contributed by atoms with Gasteiger partial charge in [-0.3, -0.25) is 4.90 Å². The summed E-state index contributed by atoms with van der Waals surface area (Å²) in [5, 5.41) is 0.493. The second kappa shape index (κ2) is 6.78. The van der Waals surface area contributed by atoms with Crippen molar-refractivity contribution < 1.29 is 4.39 Å². The van der Waals surface area contributed by atoms with Crippen LogP contribution in [0.4, 0.5) is 4.39 Å². The van der Waals surface area contributed by atoms with Gasteiger partial charge in [0.15, 0.2) is 0 Å². The average molecular weight is 319 g/mol. The Kier molecular flexibility index (Phi) is 4.77. The van der Waals surface area contributed by atoms with Crippen LogP contribution in [-0.4, -0.2) is 24.5 Å². The quantitative estimate of drug-likeness (QED) is 0.932. The van der Waals surface area contributed by atoms with Gasteiger partial charge in [-0.25, -0.2) is 4.39 Å². The van der Waals surface area contributed by atoms with Gasteiger partial charge in [-0.1, -0.05) is 48.0 Å². The van der Waals surface area contributed by atoms with Gasteiger partial charge in [0.2, 0.25) is 0 Å². The highest BCUT2D eigenvalue weighted by molar-refractivity contribution is 6.31. The molecule has 0 unspecified atom stereocenters. The molecular weight excluding hydrogens is 299 g/mol. The van der Waals surface area contributed by atoms with Crippen molar-refractivity contribution in [3.05, 3.63) is 70.5 Å². The van der Waals surface area contributed by atoms with Crippen molar-refractivity contribution in [1.29, 1.82) is 0 Å². The summed E-state index contributed by atoms with van der Waals surface area (Å²) >= 11 is 6.14. The maximum atomic E-state index is 14.0. The van der Waals surface area contributed by atoms with E-state index >= 15 is 0 Å². The van der Waals surface area contributed by atoms with Gasteiger partial charge in [-0.15, -0.1) is 0 Å². The summed E-state index contributed by atoms with van der Waals surface area (Å²) in [4.78, 5) is 2.25. The summed E-state index contributed by atoms with van der Waals surface area (Å²) in [5.74, 6) is 0.560. The molecule has 1 heterocycles. The predicted octanol–water partition coefficient (Wildman–Crippen LogP) is 3.65. The third kappa shape index (κ3) is 3.17. The molecule has 0 aliphatic carbocycles. The summed E-state index contributed by atoms with van der Waals surface area (Å²) in [5.41, 5.74) is 7.83. The van der Waals surface area contributed by atoms with Crippen LogP contribution in [0.2, 0.25) is 5.02 Å². The Balaban J connectivity index is 1.77. The molecule has 3 rings (SSSR count). The van der Waals surface area contributed by atoms with Gasteiger partial charge in [0.25, 0.3) is 0 Å². The summed E-state index contributed by atoms with van der Waals surface area (Å²) in [6.45, 7) is 2.93. The highest BCUT2D eigenvalue weighted by Crippen LogP contribution is 2.33. The molecule has 0 amide bonds. The summed E-state index contributed by atoms with van der Waals surface area (Å²) in [7, 11) is 0. The Hall–Kier alpha value is -1.42. The van der Waals surface area contributed by atoms with Gasteiger partial charge in [-0.2, -0.15) is 0 Å². The van der Waals surface area contributed by atoms with E-state index in [0.717, 1.165) is 13.1 Å². The van der Waals surface area contributed by atoms with Gasteiger partial charge in [-0.05, 0) is 30.2 Å². The lowest BCUT2D eigenvalue weighted by Gasteiger charge is -2.17. The minimum absolute atomic E-state index is 0.236. The number of halogens is 2. The number of hydrogen-bond acceptors (Lipinski definition) is 2. The van der Waals surface area contributed by atoms with Crippen LogP contribution >= 0.6 is 11.6 Å². The number of nitrogens with two attached hydrogens (primary N) is 1.